The van der Waals surface area contributed by atoms with Crippen LogP contribution in [-0.2, 0) is 14.3 Å². The van der Waals surface area contributed by atoms with Crippen molar-refractivity contribution < 1.29 is 50.0 Å². The highest BCUT2D eigenvalue weighted by molar-refractivity contribution is 5.80. The number of rotatable bonds is 50. The van der Waals surface area contributed by atoms with E-state index in [0.29, 0.717) is 19.3 Å². The topological polar surface area (TPSA) is 189 Å². The smallest absolute Gasteiger partial charge is 0.249 e. The molecule has 8 N–H and O–H groups in total. The Morgan fingerprint density at radius 3 is 1.32 bits per heavy atom. The first-order valence-corrected chi connectivity index (χ1v) is 29.2. The molecule has 1 rings (SSSR count). The Labute approximate surface area is 423 Å². The standard InChI is InChI=1S/C58H111NO10/c1-3-5-7-9-11-13-15-17-19-21-22-23-24-25-26-27-28-29-30-32-33-35-37-39-41-43-45-50(61)53(63)49(48-68-58-56(66)55(65)54(64)52(47-60)69-58)59-57(67)51(62)46-44-42-40-38-36-34-31-20-18-16-14-12-10-8-6-4-2/h12,14,18,20,49-56,58,60-66H,3-11,13,15-17,19,21-48H2,1-2H3,(H,59,67)/b14-12-,20-18-. The van der Waals surface area contributed by atoms with Gasteiger partial charge in [0.05, 0.1) is 25.4 Å². The second kappa shape index (κ2) is 47.6. The Bertz CT molecular complexity index is 1170. The molecule has 1 fully saturated rings. The number of allylic oxidation sites excluding steroid dienone is 4. The van der Waals surface area contributed by atoms with Gasteiger partial charge in [0, 0.05) is 0 Å². The van der Waals surface area contributed by atoms with Crippen molar-refractivity contribution in [1.29, 1.82) is 0 Å². The molecule has 0 bridgehead atoms. The van der Waals surface area contributed by atoms with E-state index in [4.69, 9.17) is 9.47 Å². The number of nitrogens with one attached hydrogen (secondary N) is 1. The van der Waals surface area contributed by atoms with Crippen LogP contribution in [0.3, 0.4) is 0 Å². The van der Waals surface area contributed by atoms with Gasteiger partial charge in [0.15, 0.2) is 6.29 Å². The average Bonchev–Trinajstić information content (AvgIpc) is 3.35. The minimum Gasteiger partial charge on any atom is -0.394 e. The summed E-state index contributed by atoms with van der Waals surface area (Å²) in [6.45, 7) is 3.45. The normalized spacial score (nSPS) is 20.5. The van der Waals surface area contributed by atoms with Crippen molar-refractivity contribution in [3.05, 3.63) is 24.3 Å². The van der Waals surface area contributed by atoms with Gasteiger partial charge in [-0.25, -0.2) is 0 Å². The van der Waals surface area contributed by atoms with E-state index in [9.17, 15) is 40.5 Å². The van der Waals surface area contributed by atoms with Gasteiger partial charge in [0.25, 0.3) is 0 Å². The molecule has 408 valence electrons. The van der Waals surface area contributed by atoms with Crippen molar-refractivity contribution in [3.8, 4) is 0 Å². The van der Waals surface area contributed by atoms with Gasteiger partial charge in [-0.15, -0.1) is 0 Å². The summed E-state index contributed by atoms with van der Waals surface area (Å²) in [4.78, 5) is 13.2. The number of unbranched alkanes of at least 4 members (excludes halogenated alkanes) is 34. The number of amides is 1. The molecule has 11 heteroatoms. The molecule has 0 aromatic rings. The first-order chi connectivity index (χ1) is 33.7. The fourth-order valence-corrected chi connectivity index (χ4v) is 9.47. The predicted molar refractivity (Wildman–Crippen MR) is 284 cm³/mol. The monoisotopic (exact) mass is 982 g/mol. The summed E-state index contributed by atoms with van der Waals surface area (Å²) in [6.07, 6.45) is 45.2. The molecule has 11 nitrogen and oxygen atoms in total. The summed E-state index contributed by atoms with van der Waals surface area (Å²) in [5.41, 5.74) is 0. The largest absolute Gasteiger partial charge is 0.394 e. The average molecular weight is 983 g/mol. The van der Waals surface area contributed by atoms with Gasteiger partial charge >= 0.3 is 0 Å². The molecule has 1 saturated heterocycles. The highest BCUT2D eigenvalue weighted by Crippen LogP contribution is 2.23. The number of hydrogen-bond acceptors (Lipinski definition) is 10. The Kier molecular flexibility index (Phi) is 45.2. The van der Waals surface area contributed by atoms with Crippen LogP contribution >= 0.6 is 0 Å². The quantitative estimate of drug-likeness (QED) is 0.0215. The first-order valence-electron chi connectivity index (χ1n) is 29.2. The van der Waals surface area contributed by atoms with Crippen LogP contribution in [0.25, 0.3) is 0 Å². The van der Waals surface area contributed by atoms with E-state index in [1.54, 1.807) is 0 Å². The van der Waals surface area contributed by atoms with Crippen molar-refractivity contribution >= 4 is 5.91 Å². The maximum absolute atomic E-state index is 13.2. The van der Waals surface area contributed by atoms with E-state index < -0.39 is 74.2 Å². The van der Waals surface area contributed by atoms with Gasteiger partial charge in [-0.2, -0.15) is 0 Å². The van der Waals surface area contributed by atoms with Gasteiger partial charge in [0.1, 0.15) is 36.6 Å². The Morgan fingerprint density at radius 1 is 0.507 bits per heavy atom. The number of aliphatic hydroxyl groups is 7. The van der Waals surface area contributed by atoms with E-state index >= 15 is 0 Å². The van der Waals surface area contributed by atoms with E-state index in [0.717, 1.165) is 64.2 Å². The molecule has 0 saturated carbocycles. The molecule has 1 heterocycles. The van der Waals surface area contributed by atoms with E-state index in [1.165, 1.54) is 167 Å². The van der Waals surface area contributed by atoms with E-state index in [2.05, 4.69) is 43.5 Å². The first kappa shape index (κ1) is 65.6. The number of aliphatic hydroxyl groups excluding tert-OH is 7. The second-order valence-electron chi connectivity index (χ2n) is 20.7. The summed E-state index contributed by atoms with van der Waals surface area (Å²) < 4.78 is 11.1. The fourth-order valence-electron chi connectivity index (χ4n) is 9.47. The van der Waals surface area contributed by atoms with Gasteiger partial charge in [0.2, 0.25) is 5.91 Å². The molecule has 9 unspecified atom stereocenters. The molecule has 9 atom stereocenters. The summed E-state index contributed by atoms with van der Waals surface area (Å²) >= 11 is 0. The Morgan fingerprint density at radius 2 is 0.884 bits per heavy atom. The molecular weight excluding hydrogens is 871 g/mol. The van der Waals surface area contributed by atoms with Gasteiger partial charge < -0.3 is 50.5 Å². The third-order valence-corrected chi connectivity index (χ3v) is 14.3. The van der Waals surface area contributed by atoms with Gasteiger partial charge in [-0.1, -0.05) is 250 Å². The molecule has 0 radical (unpaired) electrons. The van der Waals surface area contributed by atoms with Crippen molar-refractivity contribution in [2.24, 2.45) is 0 Å². The zero-order chi connectivity index (χ0) is 50.4. The fraction of sp³-hybridized carbons (Fsp3) is 0.914. The number of hydrogen-bond donors (Lipinski definition) is 8. The van der Waals surface area contributed by atoms with Gasteiger partial charge in [-0.3, -0.25) is 4.79 Å². The van der Waals surface area contributed by atoms with Crippen LogP contribution in [0.2, 0.25) is 0 Å². The van der Waals surface area contributed by atoms with Crippen LogP contribution < -0.4 is 5.32 Å². The summed E-state index contributed by atoms with van der Waals surface area (Å²) in [7, 11) is 0. The minimum atomic E-state index is -1.66. The molecule has 69 heavy (non-hydrogen) atoms. The number of carbonyl (C=O) groups excluding carboxylic acids is 1. The van der Waals surface area contributed by atoms with Crippen LogP contribution in [0, 0.1) is 0 Å². The predicted octanol–water partition coefficient (Wildman–Crippen LogP) is 12.1. The SMILES string of the molecule is CCCCC/C=C\C/C=C\CCCCCCCCC(O)C(=O)NC(COC1OC(CO)C(O)C(O)C1O)C(O)C(O)CCCCCCCCCCCCCCCCCCCCCCCCCCCC. The molecule has 1 aliphatic heterocycles. The lowest BCUT2D eigenvalue weighted by atomic mass is 9.98. The summed E-state index contributed by atoms with van der Waals surface area (Å²) in [6, 6.07) is -1.17. The van der Waals surface area contributed by atoms with Crippen molar-refractivity contribution in [1.82, 2.24) is 5.32 Å². The van der Waals surface area contributed by atoms with E-state index in [-0.39, 0.29) is 6.42 Å². The van der Waals surface area contributed by atoms with Crippen molar-refractivity contribution in [3.63, 3.8) is 0 Å². The van der Waals surface area contributed by atoms with Crippen LogP contribution in [0.15, 0.2) is 24.3 Å². The zero-order valence-electron chi connectivity index (χ0n) is 44.6. The highest BCUT2D eigenvalue weighted by atomic mass is 16.7. The molecule has 1 amide bonds. The lowest BCUT2D eigenvalue weighted by molar-refractivity contribution is -0.303. The Balaban J connectivity index is 2.28. The maximum atomic E-state index is 13.2. The second-order valence-corrected chi connectivity index (χ2v) is 20.7. The van der Waals surface area contributed by atoms with Crippen LogP contribution in [0.5, 0.6) is 0 Å². The lowest BCUT2D eigenvalue weighted by Gasteiger charge is -2.40. The van der Waals surface area contributed by atoms with Crippen LogP contribution in [-0.4, -0.2) is 110 Å². The van der Waals surface area contributed by atoms with Crippen LogP contribution in [0.4, 0.5) is 0 Å². The third-order valence-electron chi connectivity index (χ3n) is 14.3. The lowest BCUT2D eigenvalue weighted by Crippen LogP contribution is -2.60. The molecule has 1 aliphatic rings. The maximum Gasteiger partial charge on any atom is 0.249 e. The minimum absolute atomic E-state index is 0.249. The van der Waals surface area contributed by atoms with Gasteiger partial charge in [-0.05, 0) is 44.9 Å². The number of ether oxygens (including phenoxy) is 2. The summed E-state index contributed by atoms with van der Waals surface area (Å²) in [5.74, 6) is -0.702. The number of carbonyl (C=O) groups is 1. The molecular formula is C58H111NO10. The molecule has 0 aromatic heterocycles. The molecule has 0 aliphatic carbocycles. The Hall–Kier alpha value is -1.41. The third kappa shape index (κ3) is 36.2. The zero-order valence-corrected chi connectivity index (χ0v) is 44.6. The van der Waals surface area contributed by atoms with Crippen molar-refractivity contribution in [2.75, 3.05) is 13.2 Å². The van der Waals surface area contributed by atoms with Crippen LogP contribution in [0.1, 0.15) is 271 Å². The van der Waals surface area contributed by atoms with E-state index in [1.807, 2.05) is 0 Å². The molecule has 0 aromatic carbocycles. The van der Waals surface area contributed by atoms with Crippen molar-refractivity contribution in [2.45, 2.75) is 326 Å². The summed E-state index contributed by atoms with van der Waals surface area (Å²) in [5, 5.41) is 76.1. The molecule has 0 spiro atoms. The highest BCUT2D eigenvalue weighted by Gasteiger charge is 2.44.